The number of hydrogen-bond acceptors (Lipinski definition) is 6. The lowest BCUT2D eigenvalue weighted by Gasteiger charge is -2.38. The number of carbonyl (C=O) groups excluding carboxylic acids is 2. The number of likely N-dealkylation sites (tertiary alicyclic amines) is 1. The van der Waals surface area contributed by atoms with Crippen molar-refractivity contribution in [3.05, 3.63) is 48.3 Å². The Kier molecular flexibility index (Phi) is 6.90. The number of anilines is 1. The number of ether oxygens (including phenoxy) is 1. The molecule has 1 fully saturated rings. The highest BCUT2D eigenvalue weighted by Gasteiger charge is 2.52. The van der Waals surface area contributed by atoms with Gasteiger partial charge in [-0.2, -0.15) is 0 Å². The van der Waals surface area contributed by atoms with Gasteiger partial charge >= 0.3 is 0 Å². The van der Waals surface area contributed by atoms with Gasteiger partial charge in [-0.3, -0.25) is 14.6 Å². The van der Waals surface area contributed by atoms with Crippen LogP contribution in [0.15, 0.2) is 42.7 Å². The smallest absolute Gasteiger partial charge is 0.237 e. The second-order valence-corrected chi connectivity index (χ2v) is 10.3. The fourth-order valence-corrected chi connectivity index (χ4v) is 5.68. The Morgan fingerprint density at radius 3 is 2.54 bits per heavy atom. The molecule has 5 rings (SSSR count). The number of nitrogens with zero attached hydrogens (tertiary/aromatic N) is 5. The van der Waals surface area contributed by atoms with Crippen LogP contribution >= 0.6 is 0 Å². The minimum Gasteiger partial charge on any atom is -0.478 e. The number of amides is 2. The molecule has 0 bridgehead atoms. The second kappa shape index (κ2) is 10.1. The molecule has 0 unspecified atom stereocenters. The van der Waals surface area contributed by atoms with Gasteiger partial charge in [0.2, 0.25) is 19.1 Å². The molecule has 0 radical (unpaired) electrons. The average Bonchev–Trinajstić information content (AvgIpc) is 3.13. The van der Waals surface area contributed by atoms with E-state index in [1.54, 1.807) is 4.90 Å². The third-order valence-corrected chi connectivity index (χ3v) is 7.74. The summed E-state index contributed by atoms with van der Waals surface area (Å²) in [5, 5.41) is 0.993. The van der Waals surface area contributed by atoms with Crippen LogP contribution in [0.2, 0.25) is 6.82 Å². The van der Waals surface area contributed by atoms with Gasteiger partial charge in [0, 0.05) is 55.5 Å². The Morgan fingerprint density at radius 2 is 1.86 bits per heavy atom. The van der Waals surface area contributed by atoms with Crippen molar-refractivity contribution < 1.29 is 14.3 Å². The molecule has 0 saturated carbocycles. The zero-order valence-electron chi connectivity index (χ0n) is 22.2. The van der Waals surface area contributed by atoms with Gasteiger partial charge in [0.25, 0.3) is 0 Å². The van der Waals surface area contributed by atoms with Crippen molar-refractivity contribution >= 4 is 35.6 Å². The van der Waals surface area contributed by atoms with E-state index in [0.717, 1.165) is 46.2 Å². The normalized spacial score (nSPS) is 16.5. The number of hydrogen-bond donors (Lipinski definition) is 0. The van der Waals surface area contributed by atoms with Crippen LogP contribution in [0, 0.1) is 0 Å². The molecule has 1 spiro atoms. The number of likely N-dealkylation sites (N-methyl/N-ethyl adjacent to an activating group) is 1. The van der Waals surface area contributed by atoms with E-state index in [0.29, 0.717) is 45.7 Å². The Bertz CT molecular complexity index is 1320. The number of carbonyl (C=O) groups is 2. The van der Waals surface area contributed by atoms with Crippen LogP contribution in [0.5, 0.6) is 5.88 Å². The summed E-state index contributed by atoms with van der Waals surface area (Å²) in [7, 11) is 6.42. The van der Waals surface area contributed by atoms with Gasteiger partial charge in [-0.25, -0.2) is 4.98 Å². The molecular formula is C28H34BN5O3. The quantitative estimate of drug-likeness (QED) is 0.366. The average molecular weight is 499 g/mol. The number of benzene rings is 1. The molecule has 0 N–H and O–H groups in total. The number of fused-ring (bicyclic) bond motifs is 4. The van der Waals surface area contributed by atoms with Gasteiger partial charge in [0.05, 0.1) is 29.4 Å². The van der Waals surface area contributed by atoms with E-state index in [9.17, 15) is 9.59 Å². The monoisotopic (exact) mass is 499 g/mol. The summed E-state index contributed by atoms with van der Waals surface area (Å²) in [6.07, 6.45) is 5.84. The lowest BCUT2D eigenvalue weighted by atomic mass is 9.71. The van der Waals surface area contributed by atoms with Gasteiger partial charge < -0.3 is 19.4 Å². The van der Waals surface area contributed by atoms with Crippen LogP contribution in [-0.4, -0.2) is 86.1 Å². The first-order chi connectivity index (χ1) is 17.8. The fraction of sp³-hybridized carbons (Fsp3) is 0.429. The SMILES string of the molecule is CBC(=O)N1CCC2(CC1)C(=O)N(C)c1cnc3ccc(-c4ccc(OCCCN(C)C)nc4)cc3c12. The van der Waals surface area contributed by atoms with Crippen molar-refractivity contribution in [3.8, 4) is 17.0 Å². The van der Waals surface area contributed by atoms with Crippen molar-refractivity contribution in [1.29, 1.82) is 0 Å². The van der Waals surface area contributed by atoms with E-state index >= 15 is 0 Å². The van der Waals surface area contributed by atoms with Crippen LogP contribution in [0.3, 0.4) is 0 Å². The summed E-state index contributed by atoms with van der Waals surface area (Å²) in [5.41, 5.74) is 4.15. The minimum atomic E-state index is -0.628. The van der Waals surface area contributed by atoms with Gasteiger partial charge in [-0.15, -0.1) is 0 Å². The molecule has 1 saturated heterocycles. The Hall–Kier alpha value is -3.46. The molecule has 2 amide bonds. The van der Waals surface area contributed by atoms with Gasteiger partial charge in [-0.1, -0.05) is 12.9 Å². The molecule has 192 valence electrons. The van der Waals surface area contributed by atoms with Crippen LogP contribution in [0.4, 0.5) is 10.5 Å². The maximum Gasteiger partial charge on any atom is 0.237 e. The minimum absolute atomic E-state index is 0.100. The first-order valence-electron chi connectivity index (χ1n) is 13.1. The van der Waals surface area contributed by atoms with Gasteiger partial charge in [0.15, 0.2) is 5.81 Å². The molecular weight excluding hydrogens is 465 g/mol. The highest BCUT2D eigenvalue weighted by atomic mass is 16.5. The van der Waals surface area contributed by atoms with Crippen molar-refractivity contribution in [3.63, 3.8) is 0 Å². The zero-order valence-corrected chi connectivity index (χ0v) is 22.2. The molecule has 0 aliphatic carbocycles. The molecule has 0 atom stereocenters. The van der Waals surface area contributed by atoms with Crippen molar-refractivity contribution in [2.45, 2.75) is 31.5 Å². The van der Waals surface area contributed by atoms with Gasteiger partial charge in [-0.05, 0) is 57.1 Å². The Labute approximate surface area is 218 Å². The maximum atomic E-state index is 13.6. The summed E-state index contributed by atoms with van der Waals surface area (Å²) in [4.78, 5) is 40.9. The zero-order chi connectivity index (χ0) is 26.2. The van der Waals surface area contributed by atoms with Crippen molar-refractivity contribution in [2.75, 3.05) is 52.3 Å². The molecule has 2 aliphatic rings. The van der Waals surface area contributed by atoms with E-state index < -0.39 is 5.41 Å². The molecule has 9 heteroatoms. The first kappa shape index (κ1) is 25.2. The number of aromatic nitrogens is 2. The molecule has 3 aromatic rings. The van der Waals surface area contributed by atoms with E-state index in [2.05, 4.69) is 20.9 Å². The Morgan fingerprint density at radius 1 is 1.11 bits per heavy atom. The van der Waals surface area contributed by atoms with E-state index in [-0.39, 0.29) is 11.7 Å². The predicted octanol–water partition coefficient (Wildman–Crippen LogP) is 3.54. The number of piperidine rings is 1. The third kappa shape index (κ3) is 4.57. The predicted molar refractivity (Wildman–Crippen MR) is 148 cm³/mol. The van der Waals surface area contributed by atoms with Crippen LogP contribution in [-0.2, 0) is 10.2 Å². The van der Waals surface area contributed by atoms with Crippen LogP contribution in [0.25, 0.3) is 22.0 Å². The lowest BCUT2D eigenvalue weighted by Crippen LogP contribution is -2.50. The maximum absolute atomic E-state index is 13.6. The Balaban J connectivity index is 1.46. The lowest BCUT2D eigenvalue weighted by molar-refractivity contribution is -0.124. The van der Waals surface area contributed by atoms with E-state index in [1.165, 1.54) is 0 Å². The largest absolute Gasteiger partial charge is 0.478 e. The molecule has 1 aromatic carbocycles. The van der Waals surface area contributed by atoms with E-state index in [1.807, 2.05) is 69.5 Å². The first-order valence-corrected chi connectivity index (χ1v) is 13.1. The molecule has 2 aromatic heterocycles. The van der Waals surface area contributed by atoms with E-state index in [4.69, 9.17) is 4.74 Å². The van der Waals surface area contributed by atoms with Crippen LogP contribution < -0.4 is 9.64 Å². The second-order valence-electron chi connectivity index (χ2n) is 10.3. The summed E-state index contributed by atoms with van der Waals surface area (Å²) in [6.45, 7) is 4.67. The fourth-order valence-electron chi connectivity index (χ4n) is 5.68. The molecule has 2 aliphatic heterocycles. The third-order valence-electron chi connectivity index (χ3n) is 7.74. The number of pyridine rings is 2. The van der Waals surface area contributed by atoms with Crippen molar-refractivity contribution in [2.24, 2.45) is 0 Å². The summed E-state index contributed by atoms with van der Waals surface area (Å²) < 4.78 is 5.79. The van der Waals surface area contributed by atoms with Crippen molar-refractivity contribution in [1.82, 2.24) is 19.8 Å². The summed E-state index contributed by atoms with van der Waals surface area (Å²) in [5.74, 6) is 0.863. The topological polar surface area (TPSA) is 78.9 Å². The molecule has 4 heterocycles. The molecule has 37 heavy (non-hydrogen) atoms. The summed E-state index contributed by atoms with van der Waals surface area (Å²) >= 11 is 0. The number of rotatable bonds is 7. The highest BCUT2D eigenvalue weighted by molar-refractivity contribution is 6.72. The van der Waals surface area contributed by atoms with Gasteiger partial charge in [0.1, 0.15) is 0 Å². The van der Waals surface area contributed by atoms with Crippen LogP contribution in [0.1, 0.15) is 24.8 Å². The standard InChI is InChI=1S/C28H34BN5O3/c1-29-27(36)34-13-10-28(11-14-34)25-21-16-19(6-8-22(21)30-18-23(25)33(4)26(28)35)20-7-9-24(31-17-20)37-15-5-12-32(2)3/h6-9,16-18,29H,5,10-15H2,1-4H3. The summed E-state index contributed by atoms with van der Waals surface area (Å²) in [6, 6.07) is 10.1. The molecule has 8 nitrogen and oxygen atoms in total. The highest BCUT2D eigenvalue weighted by Crippen LogP contribution is 2.50.